The molecule has 0 fully saturated rings. The molecule has 0 saturated carbocycles. The summed E-state index contributed by atoms with van der Waals surface area (Å²) in [7, 11) is 0. The third kappa shape index (κ3) is 3.01. The van der Waals surface area contributed by atoms with Crippen LogP contribution < -0.4 is 0 Å². The van der Waals surface area contributed by atoms with E-state index in [2.05, 4.69) is 18.8 Å². The van der Waals surface area contributed by atoms with Crippen molar-refractivity contribution in [3.63, 3.8) is 0 Å². The molecule has 0 amide bonds. The van der Waals surface area contributed by atoms with Crippen LogP contribution >= 0.6 is 0 Å². The SMILES string of the molecule is CC(C)c1cncc(O)c1.[Re]. The minimum Gasteiger partial charge on any atom is -0.506 e. The van der Waals surface area contributed by atoms with E-state index in [9.17, 15) is 0 Å². The van der Waals surface area contributed by atoms with Crippen molar-refractivity contribution in [3.05, 3.63) is 24.0 Å². The van der Waals surface area contributed by atoms with Crippen LogP contribution in [-0.4, -0.2) is 10.1 Å². The molecule has 11 heavy (non-hydrogen) atoms. The number of aromatic hydroxyl groups is 1. The third-order valence-corrected chi connectivity index (χ3v) is 1.41. The van der Waals surface area contributed by atoms with Crippen molar-refractivity contribution in [2.24, 2.45) is 0 Å². The van der Waals surface area contributed by atoms with Gasteiger partial charge in [0.2, 0.25) is 0 Å². The van der Waals surface area contributed by atoms with Crippen molar-refractivity contribution in [2.75, 3.05) is 0 Å². The van der Waals surface area contributed by atoms with E-state index in [1.165, 1.54) is 6.20 Å². The Hall–Kier alpha value is -0.388. The van der Waals surface area contributed by atoms with Gasteiger partial charge in [0.15, 0.2) is 0 Å². The summed E-state index contributed by atoms with van der Waals surface area (Å²) in [5, 5.41) is 9.00. The zero-order valence-corrected chi connectivity index (χ0v) is 9.30. The standard InChI is InChI=1S/C8H11NO.Re/c1-6(2)7-3-8(10)5-9-4-7;/h3-6,10H,1-2H3;. The molecule has 0 bridgehead atoms. The van der Waals surface area contributed by atoms with E-state index in [4.69, 9.17) is 5.11 Å². The van der Waals surface area contributed by atoms with Gasteiger partial charge in [0.25, 0.3) is 0 Å². The Balaban J connectivity index is 0.000001000. The van der Waals surface area contributed by atoms with Gasteiger partial charge in [-0.25, -0.2) is 0 Å². The zero-order valence-electron chi connectivity index (χ0n) is 6.58. The van der Waals surface area contributed by atoms with E-state index in [1.807, 2.05) is 0 Å². The molecule has 0 saturated heterocycles. The number of pyridine rings is 1. The number of hydrogen-bond donors (Lipinski definition) is 1. The molecule has 1 N–H and O–H groups in total. The Kier molecular flexibility index (Phi) is 4.32. The van der Waals surface area contributed by atoms with Crippen molar-refractivity contribution in [1.29, 1.82) is 0 Å². The summed E-state index contributed by atoms with van der Waals surface area (Å²) >= 11 is 0. The topological polar surface area (TPSA) is 33.1 Å². The maximum atomic E-state index is 9.00. The number of nitrogens with zero attached hydrogens (tertiary/aromatic N) is 1. The van der Waals surface area contributed by atoms with Gasteiger partial charge in [0.05, 0.1) is 6.20 Å². The van der Waals surface area contributed by atoms with E-state index in [0.717, 1.165) is 5.56 Å². The molecular formula is C8H11NORe. The second-order valence-electron chi connectivity index (χ2n) is 2.63. The largest absolute Gasteiger partial charge is 0.506 e. The summed E-state index contributed by atoms with van der Waals surface area (Å²) in [4.78, 5) is 3.86. The summed E-state index contributed by atoms with van der Waals surface area (Å²) in [6.45, 7) is 4.13. The van der Waals surface area contributed by atoms with Crippen LogP contribution in [0.2, 0.25) is 0 Å². The fourth-order valence-electron chi connectivity index (χ4n) is 0.761. The quantitative estimate of drug-likeness (QED) is 0.856. The van der Waals surface area contributed by atoms with Gasteiger partial charge in [-0.1, -0.05) is 13.8 Å². The van der Waals surface area contributed by atoms with Crippen molar-refractivity contribution >= 4 is 0 Å². The Bertz CT molecular complexity index is 225. The summed E-state index contributed by atoms with van der Waals surface area (Å²) < 4.78 is 0. The minimum atomic E-state index is 0. The van der Waals surface area contributed by atoms with Crippen LogP contribution in [0.1, 0.15) is 25.3 Å². The van der Waals surface area contributed by atoms with Gasteiger partial charge in [-0.2, -0.15) is 0 Å². The van der Waals surface area contributed by atoms with Crippen LogP contribution in [0, 0.1) is 0 Å². The molecule has 0 aromatic carbocycles. The van der Waals surface area contributed by atoms with Crippen molar-refractivity contribution < 1.29 is 25.5 Å². The molecule has 3 heteroatoms. The zero-order chi connectivity index (χ0) is 7.56. The molecule has 0 atom stereocenters. The molecule has 1 aromatic heterocycles. The van der Waals surface area contributed by atoms with Gasteiger partial charge in [-0.3, -0.25) is 4.98 Å². The average Bonchev–Trinajstić information content (AvgIpc) is 1.88. The average molecular weight is 323 g/mol. The normalized spacial score (nSPS) is 9.36. The predicted molar refractivity (Wildman–Crippen MR) is 40.0 cm³/mol. The van der Waals surface area contributed by atoms with E-state index < -0.39 is 0 Å². The molecule has 1 heterocycles. The first-order valence-electron chi connectivity index (χ1n) is 3.34. The van der Waals surface area contributed by atoms with Gasteiger partial charge >= 0.3 is 0 Å². The van der Waals surface area contributed by atoms with E-state index in [1.54, 1.807) is 12.3 Å². The van der Waals surface area contributed by atoms with Crippen LogP contribution in [0.15, 0.2) is 18.5 Å². The Morgan fingerprint density at radius 2 is 2.00 bits per heavy atom. The Morgan fingerprint density at radius 3 is 2.36 bits per heavy atom. The maximum Gasteiger partial charge on any atom is 0.134 e. The minimum absolute atomic E-state index is 0. The number of hydrogen-bond acceptors (Lipinski definition) is 2. The smallest absolute Gasteiger partial charge is 0.134 e. The third-order valence-electron chi connectivity index (χ3n) is 1.41. The van der Waals surface area contributed by atoms with Crippen LogP contribution in [0.5, 0.6) is 5.75 Å². The summed E-state index contributed by atoms with van der Waals surface area (Å²) in [6.07, 6.45) is 3.20. The van der Waals surface area contributed by atoms with Gasteiger partial charge in [-0.05, 0) is 17.5 Å². The fraction of sp³-hybridized carbons (Fsp3) is 0.375. The maximum absolute atomic E-state index is 9.00. The van der Waals surface area contributed by atoms with Crippen LogP contribution in [0.3, 0.4) is 0 Å². The summed E-state index contributed by atoms with van der Waals surface area (Å²) in [5.74, 6) is 0.672. The van der Waals surface area contributed by atoms with Crippen LogP contribution in [-0.2, 0) is 20.4 Å². The first-order chi connectivity index (χ1) is 4.70. The predicted octanol–water partition coefficient (Wildman–Crippen LogP) is 1.91. The summed E-state index contributed by atoms with van der Waals surface area (Å²) in [5.41, 5.74) is 1.07. The fourth-order valence-corrected chi connectivity index (χ4v) is 0.761. The van der Waals surface area contributed by atoms with Gasteiger partial charge in [0, 0.05) is 26.6 Å². The second kappa shape index (κ2) is 4.48. The molecule has 0 aliphatic heterocycles. The van der Waals surface area contributed by atoms with Gasteiger partial charge < -0.3 is 5.11 Å². The van der Waals surface area contributed by atoms with E-state index in [0.29, 0.717) is 5.92 Å². The monoisotopic (exact) mass is 324 g/mol. The van der Waals surface area contributed by atoms with Crippen molar-refractivity contribution in [1.82, 2.24) is 4.98 Å². The molecule has 2 nitrogen and oxygen atoms in total. The summed E-state index contributed by atoms with van der Waals surface area (Å²) in [6, 6.07) is 1.73. The molecule has 0 spiro atoms. The first-order valence-corrected chi connectivity index (χ1v) is 3.34. The molecule has 1 radical (unpaired) electrons. The number of rotatable bonds is 1. The molecule has 1 rings (SSSR count). The van der Waals surface area contributed by atoms with Gasteiger partial charge in [0.1, 0.15) is 5.75 Å². The molecule has 1 aromatic rings. The van der Waals surface area contributed by atoms with Crippen molar-refractivity contribution in [2.45, 2.75) is 19.8 Å². The van der Waals surface area contributed by atoms with E-state index in [-0.39, 0.29) is 26.2 Å². The first kappa shape index (κ1) is 10.6. The van der Waals surface area contributed by atoms with Gasteiger partial charge in [-0.15, -0.1) is 0 Å². The molecule has 0 aliphatic carbocycles. The molecule has 0 unspecified atom stereocenters. The number of aromatic nitrogens is 1. The van der Waals surface area contributed by atoms with Crippen molar-refractivity contribution in [3.8, 4) is 5.75 Å². The Labute approximate surface area is 80.3 Å². The van der Waals surface area contributed by atoms with Crippen LogP contribution in [0.25, 0.3) is 0 Å². The van der Waals surface area contributed by atoms with E-state index >= 15 is 0 Å². The van der Waals surface area contributed by atoms with Crippen LogP contribution in [0.4, 0.5) is 0 Å². The molecular weight excluding hydrogens is 312 g/mol. The molecule has 61 valence electrons. The second-order valence-corrected chi connectivity index (χ2v) is 2.63. The Morgan fingerprint density at radius 1 is 1.36 bits per heavy atom. The molecule has 0 aliphatic rings.